The first-order chi connectivity index (χ1) is 11.2. The summed E-state index contributed by atoms with van der Waals surface area (Å²) < 4.78 is 8.09. The molecular weight excluding hydrogens is 286 g/mol. The van der Waals surface area contributed by atoms with E-state index in [9.17, 15) is 0 Å². The summed E-state index contributed by atoms with van der Waals surface area (Å²) in [5.74, 6) is 0. The highest BCUT2D eigenvalue weighted by Crippen LogP contribution is 2.33. The molecule has 4 aromatic rings. The Balaban J connectivity index is 2.14. The van der Waals surface area contributed by atoms with E-state index in [1.54, 1.807) is 6.07 Å². The zero-order valence-electron chi connectivity index (χ0n) is 12.9. The molecule has 4 nitrogen and oxygen atoms in total. The molecule has 110 valence electrons. The van der Waals surface area contributed by atoms with Gasteiger partial charge in [0.1, 0.15) is 18.8 Å². The first-order valence-corrected chi connectivity index (χ1v) is 7.37. The zero-order valence-corrected chi connectivity index (χ0v) is 12.9. The van der Waals surface area contributed by atoms with E-state index >= 15 is 0 Å². The minimum absolute atomic E-state index is 0.360. The Hall–Kier alpha value is -3.19. The Bertz CT molecular complexity index is 1100. The fourth-order valence-corrected chi connectivity index (χ4v) is 2.97. The number of benzene rings is 1. The van der Waals surface area contributed by atoms with E-state index in [0.29, 0.717) is 11.4 Å². The second-order valence-corrected chi connectivity index (χ2v) is 5.60. The van der Waals surface area contributed by atoms with E-state index in [0.717, 1.165) is 27.6 Å². The number of aryl methyl sites for hydroxylation is 2. The number of rotatable bonds is 1. The van der Waals surface area contributed by atoms with Crippen LogP contribution in [0.5, 0.6) is 0 Å². The predicted molar refractivity (Wildman–Crippen MR) is 87.6 cm³/mol. The molecule has 3 heterocycles. The van der Waals surface area contributed by atoms with Crippen molar-refractivity contribution >= 4 is 22.1 Å². The smallest absolute Gasteiger partial charge is 0.256 e. The SMILES string of the molecule is Cc1ccccc1-c1c2oc3nc(C#N)ccc3c2cc[n+]1C. The molecular formula is C19H14N3O+. The molecule has 0 amide bonds. The lowest BCUT2D eigenvalue weighted by atomic mass is 10.0. The van der Waals surface area contributed by atoms with E-state index in [4.69, 9.17) is 9.68 Å². The average molecular weight is 300 g/mol. The maximum absolute atomic E-state index is 9.03. The molecule has 1 aromatic carbocycles. The summed E-state index contributed by atoms with van der Waals surface area (Å²) in [5, 5.41) is 11.0. The summed E-state index contributed by atoms with van der Waals surface area (Å²) in [5.41, 5.74) is 4.97. The van der Waals surface area contributed by atoms with Crippen molar-refractivity contribution in [2.45, 2.75) is 6.92 Å². The fraction of sp³-hybridized carbons (Fsp3) is 0.105. The van der Waals surface area contributed by atoms with Crippen LogP contribution in [-0.2, 0) is 7.05 Å². The fourth-order valence-electron chi connectivity index (χ4n) is 2.97. The van der Waals surface area contributed by atoms with E-state index < -0.39 is 0 Å². The van der Waals surface area contributed by atoms with Gasteiger partial charge in [-0.1, -0.05) is 18.2 Å². The van der Waals surface area contributed by atoms with E-state index in [1.165, 1.54) is 5.56 Å². The highest BCUT2D eigenvalue weighted by molar-refractivity contribution is 6.07. The summed E-state index contributed by atoms with van der Waals surface area (Å²) in [6, 6.07) is 15.9. The highest BCUT2D eigenvalue weighted by Gasteiger charge is 2.22. The lowest BCUT2D eigenvalue weighted by molar-refractivity contribution is -0.659. The molecule has 0 aliphatic heterocycles. The number of hydrogen-bond donors (Lipinski definition) is 0. The largest absolute Gasteiger partial charge is 0.431 e. The molecule has 0 bridgehead atoms. The first kappa shape index (κ1) is 13.5. The van der Waals surface area contributed by atoms with Crippen molar-refractivity contribution in [3.05, 3.63) is 59.9 Å². The highest BCUT2D eigenvalue weighted by atomic mass is 16.3. The van der Waals surface area contributed by atoms with E-state index in [-0.39, 0.29) is 0 Å². The van der Waals surface area contributed by atoms with Crippen LogP contribution in [0.4, 0.5) is 0 Å². The molecule has 0 radical (unpaired) electrons. The second kappa shape index (κ2) is 4.92. The molecule has 0 atom stereocenters. The Morgan fingerprint density at radius 3 is 2.70 bits per heavy atom. The van der Waals surface area contributed by atoms with Gasteiger partial charge in [0.05, 0.1) is 5.56 Å². The predicted octanol–water partition coefficient (Wildman–Crippen LogP) is 3.65. The third-order valence-electron chi connectivity index (χ3n) is 4.14. The van der Waals surface area contributed by atoms with Crippen molar-refractivity contribution in [2.75, 3.05) is 0 Å². The zero-order chi connectivity index (χ0) is 16.0. The number of fused-ring (bicyclic) bond motifs is 3. The molecule has 23 heavy (non-hydrogen) atoms. The molecule has 0 aliphatic rings. The molecule has 0 unspecified atom stereocenters. The van der Waals surface area contributed by atoms with Gasteiger partial charge in [-0.3, -0.25) is 0 Å². The summed E-state index contributed by atoms with van der Waals surface area (Å²) in [6.07, 6.45) is 2.03. The van der Waals surface area contributed by atoms with E-state index in [2.05, 4.69) is 34.7 Å². The number of nitrogens with zero attached hydrogens (tertiary/aromatic N) is 3. The van der Waals surface area contributed by atoms with Crippen LogP contribution in [0.2, 0.25) is 0 Å². The van der Waals surface area contributed by atoms with Crippen LogP contribution in [-0.4, -0.2) is 4.98 Å². The van der Waals surface area contributed by atoms with Crippen molar-refractivity contribution in [3.63, 3.8) is 0 Å². The topological polar surface area (TPSA) is 53.7 Å². The Morgan fingerprint density at radius 2 is 1.91 bits per heavy atom. The summed E-state index contributed by atoms with van der Waals surface area (Å²) in [7, 11) is 2.00. The van der Waals surface area contributed by atoms with Crippen LogP contribution in [0.15, 0.2) is 53.1 Å². The minimum Gasteiger partial charge on any atom is -0.431 e. The van der Waals surface area contributed by atoms with E-state index in [1.807, 2.05) is 37.5 Å². The molecule has 0 aliphatic carbocycles. The third-order valence-corrected chi connectivity index (χ3v) is 4.14. The molecule has 4 rings (SSSR count). The molecule has 3 aromatic heterocycles. The van der Waals surface area contributed by atoms with Gasteiger partial charge < -0.3 is 4.42 Å². The number of furan rings is 1. The standard InChI is InChI=1S/C19H14N3O/c1-12-5-3-4-6-14(12)17-18-15(9-10-22(17)2)16-8-7-13(11-20)21-19(16)23-18/h3-10H,1-2H3/q+1. The number of nitriles is 1. The van der Waals surface area contributed by atoms with Crippen LogP contribution in [0.3, 0.4) is 0 Å². The van der Waals surface area contributed by atoms with Crippen molar-refractivity contribution in [1.82, 2.24) is 4.98 Å². The lowest BCUT2D eigenvalue weighted by Crippen LogP contribution is -2.30. The number of pyridine rings is 2. The van der Waals surface area contributed by atoms with Crippen LogP contribution in [0.25, 0.3) is 33.3 Å². The third kappa shape index (κ3) is 1.98. The van der Waals surface area contributed by atoms with Crippen molar-refractivity contribution in [2.24, 2.45) is 7.05 Å². The van der Waals surface area contributed by atoms with Gasteiger partial charge in [0, 0.05) is 16.8 Å². The van der Waals surface area contributed by atoms with Crippen molar-refractivity contribution in [1.29, 1.82) is 5.26 Å². The van der Waals surface area contributed by atoms with Gasteiger partial charge >= 0.3 is 0 Å². The van der Waals surface area contributed by atoms with Gasteiger partial charge in [0.25, 0.3) is 5.69 Å². The van der Waals surface area contributed by atoms with Crippen LogP contribution < -0.4 is 4.57 Å². The van der Waals surface area contributed by atoms with Gasteiger partial charge in [-0.25, -0.2) is 4.98 Å². The van der Waals surface area contributed by atoms with Gasteiger partial charge in [0.15, 0.2) is 6.20 Å². The first-order valence-electron chi connectivity index (χ1n) is 7.37. The van der Waals surface area contributed by atoms with Gasteiger partial charge in [-0.15, -0.1) is 0 Å². The molecule has 0 N–H and O–H groups in total. The quantitative estimate of drug-likeness (QED) is 0.504. The number of hydrogen-bond acceptors (Lipinski definition) is 3. The molecule has 0 saturated carbocycles. The van der Waals surface area contributed by atoms with Gasteiger partial charge in [-0.2, -0.15) is 9.83 Å². The van der Waals surface area contributed by atoms with Gasteiger partial charge in [-0.05, 0) is 30.7 Å². The average Bonchev–Trinajstić information content (AvgIpc) is 2.93. The maximum atomic E-state index is 9.03. The monoisotopic (exact) mass is 300 g/mol. The van der Waals surface area contributed by atoms with Crippen LogP contribution >= 0.6 is 0 Å². The van der Waals surface area contributed by atoms with Crippen LogP contribution in [0.1, 0.15) is 11.3 Å². The summed E-state index contributed by atoms with van der Waals surface area (Å²) >= 11 is 0. The Labute approximate surface area is 133 Å². The summed E-state index contributed by atoms with van der Waals surface area (Å²) in [6.45, 7) is 2.09. The maximum Gasteiger partial charge on any atom is 0.256 e. The molecule has 0 spiro atoms. The second-order valence-electron chi connectivity index (χ2n) is 5.60. The normalized spacial score (nSPS) is 11.0. The molecule has 0 saturated heterocycles. The summed E-state index contributed by atoms with van der Waals surface area (Å²) in [4.78, 5) is 4.28. The van der Waals surface area contributed by atoms with Gasteiger partial charge in [0.2, 0.25) is 11.3 Å². The molecule has 0 fully saturated rings. The minimum atomic E-state index is 0.360. The Morgan fingerprint density at radius 1 is 1.09 bits per heavy atom. The van der Waals surface area contributed by atoms with Crippen molar-refractivity contribution in [3.8, 4) is 17.3 Å². The molecule has 4 heteroatoms. The Kier molecular flexibility index (Phi) is 2.88. The lowest BCUT2D eigenvalue weighted by Gasteiger charge is -2.04. The van der Waals surface area contributed by atoms with Crippen molar-refractivity contribution < 1.29 is 8.98 Å². The number of aromatic nitrogens is 2. The van der Waals surface area contributed by atoms with Crippen LogP contribution in [0, 0.1) is 18.3 Å².